The summed E-state index contributed by atoms with van der Waals surface area (Å²) in [4.78, 5) is 4.67. The van der Waals surface area contributed by atoms with Crippen LogP contribution in [0.5, 0.6) is 0 Å². The predicted octanol–water partition coefficient (Wildman–Crippen LogP) is 7.33. The van der Waals surface area contributed by atoms with E-state index in [4.69, 9.17) is 0 Å². The molecule has 0 saturated heterocycles. The molecule has 0 N–H and O–H groups in total. The molecule has 0 fully saturated rings. The summed E-state index contributed by atoms with van der Waals surface area (Å²) in [5.41, 5.74) is 6.35. The summed E-state index contributed by atoms with van der Waals surface area (Å²) >= 11 is 0. The van der Waals surface area contributed by atoms with Crippen LogP contribution in [0.25, 0.3) is 0 Å². The molecule has 2 nitrogen and oxygen atoms in total. The first-order valence-electron chi connectivity index (χ1n) is 12.8. The Labute approximate surface area is 189 Å². The molecular weight excluding hydrogens is 364 g/mol. The molecule has 0 bridgehead atoms. The Balaban J connectivity index is 3.29. The van der Waals surface area contributed by atoms with Crippen molar-refractivity contribution < 1.29 is 0 Å². The quantitative estimate of drug-likeness (QED) is 0.278. The van der Waals surface area contributed by atoms with Gasteiger partial charge in [-0.05, 0) is 75.1 Å². The van der Waals surface area contributed by atoms with E-state index < -0.39 is 0 Å². The van der Waals surface area contributed by atoms with Crippen LogP contribution in [0.2, 0.25) is 0 Å². The number of rotatable bonds is 16. The van der Waals surface area contributed by atoms with E-state index in [2.05, 4.69) is 77.8 Å². The molecule has 2 atom stereocenters. The fourth-order valence-electron chi connectivity index (χ4n) is 4.66. The van der Waals surface area contributed by atoms with Crippen LogP contribution in [0.4, 0.5) is 0 Å². The summed E-state index contributed by atoms with van der Waals surface area (Å²) < 4.78 is 0. The Morgan fingerprint density at radius 2 is 0.967 bits per heavy atom. The van der Waals surface area contributed by atoms with Crippen LogP contribution in [0.1, 0.15) is 101 Å². The third-order valence-electron chi connectivity index (χ3n) is 6.60. The van der Waals surface area contributed by atoms with Gasteiger partial charge in [0.25, 0.3) is 0 Å². The molecule has 1 aromatic rings. The smallest absolute Gasteiger partial charge is 0.0230 e. The van der Waals surface area contributed by atoms with Crippen LogP contribution >= 0.6 is 0 Å². The molecule has 0 aliphatic rings. The van der Waals surface area contributed by atoms with Crippen LogP contribution in [-0.2, 0) is 25.9 Å². The molecule has 0 spiro atoms. The van der Waals surface area contributed by atoms with E-state index in [-0.39, 0.29) is 0 Å². The standard InChI is InChI=1S/C28H52N2/c1-9-13-15-23(11-3)17-25-19-26(18-24(12-4)16-14-10-2)28(22-30(7)8)20-27(25)21-29(5)6/h19-20,23-24H,9-18,21-22H2,1-8H3. The van der Waals surface area contributed by atoms with Crippen LogP contribution in [0, 0.1) is 11.8 Å². The van der Waals surface area contributed by atoms with E-state index >= 15 is 0 Å². The van der Waals surface area contributed by atoms with Crippen molar-refractivity contribution in [3.63, 3.8) is 0 Å². The van der Waals surface area contributed by atoms with E-state index in [9.17, 15) is 0 Å². The van der Waals surface area contributed by atoms with Crippen molar-refractivity contribution >= 4 is 0 Å². The first-order valence-corrected chi connectivity index (χ1v) is 12.8. The maximum absolute atomic E-state index is 2.63. The molecule has 1 rings (SSSR count). The third-order valence-corrected chi connectivity index (χ3v) is 6.60. The van der Waals surface area contributed by atoms with Crippen molar-refractivity contribution in [3.05, 3.63) is 34.4 Å². The Hall–Kier alpha value is -0.860. The van der Waals surface area contributed by atoms with Gasteiger partial charge in [0.1, 0.15) is 0 Å². The number of hydrogen-bond donors (Lipinski definition) is 0. The van der Waals surface area contributed by atoms with Crippen molar-refractivity contribution in [2.45, 2.75) is 105 Å². The Kier molecular flexibility index (Phi) is 13.6. The largest absolute Gasteiger partial charge is 0.305 e. The monoisotopic (exact) mass is 416 g/mol. The van der Waals surface area contributed by atoms with Crippen LogP contribution in [0.15, 0.2) is 12.1 Å². The van der Waals surface area contributed by atoms with Crippen molar-refractivity contribution in [1.29, 1.82) is 0 Å². The molecule has 2 unspecified atom stereocenters. The molecule has 174 valence electrons. The normalized spacial score (nSPS) is 13.9. The van der Waals surface area contributed by atoms with Gasteiger partial charge in [0, 0.05) is 13.1 Å². The lowest BCUT2D eigenvalue weighted by atomic mass is 9.84. The average Bonchev–Trinajstić information content (AvgIpc) is 2.69. The fourth-order valence-corrected chi connectivity index (χ4v) is 4.66. The van der Waals surface area contributed by atoms with Crippen LogP contribution < -0.4 is 0 Å². The summed E-state index contributed by atoms with van der Waals surface area (Å²) in [6, 6.07) is 5.19. The number of unbranched alkanes of at least 4 members (excludes halogenated alkanes) is 2. The van der Waals surface area contributed by atoms with Gasteiger partial charge < -0.3 is 9.80 Å². The topological polar surface area (TPSA) is 6.48 Å². The van der Waals surface area contributed by atoms with E-state index in [1.807, 2.05) is 0 Å². The fraction of sp³-hybridized carbons (Fsp3) is 0.786. The maximum atomic E-state index is 2.63. The van der Waals surface area contributed by atoms with Gasteiger partial charge in [-0.2, -0.15) is 0 Å². The molecule has 2 heteroatoms. The molecule has 0 saturated carbocycles. The second-order valence-electron chi connectivity index (χ2n) is 10.1. The molecule has 1 aromatic carbocycles. The Morgan fingerprint density at radius 1 is 0.600 bits per heavy atom. The highest BCUT2D eigenvalue weighted by atomic mass is 15.1. The lowest BCUT2D eigenvalue weighted by Gasteiger charge is -2.25. The number of nitrogens with zero attached hydrogens (tertiary/aromatic N) is 2. The summed E-state index contributed by atoms with van der Waals surface area (Å²) in [5, 5.41) is 0. The second kappa shape index (κ2) is 15.0. The third kappa shape index (κ3) is 9.96. The van der Waals surface area contributed by atoms with Crippen molar-refractivity contribution in [1.82, 2.24) is 9.80 Å². The molecule has 0 amide bonds. The maximum Gasteiger partial charge on any atom is 0.0230 e. The van der Waals surface area contributed by atoms with Crippen molar-refractivity contribution in [2.24, 2.45) is 11.8 Å². The zero-order chi connectivity index (χ0) is 22.5. The van der Waals surface area contributed by atoms with E-state index in [1.165, 1.54) is 64.2 Å². The van der Waals surface area contributed by atoms with E-state index in [0.717, 1.165) is 24.9 Å². The zero-order valence-electron chi connectivity index (χ0n) is 21.7. The average molecular weight is 417 g/mol. The molecule has 0 radical (unpaired) electrons. The SMILES string of the molecule is CCCCC(CC)Cc1cc(CC(CC)CCCC)c(CN(C)C)cc1CN(C)C. The molecule has 0 aliphatic heterocycles. The second-order valence-corrected chi connectivity index (χ2v) is 10.1. The summed E-state index contributed by atoms with van der Waals surface area (Å²) in [6.45, 7) is 11.5. The van der Waals surface area contributed by atoms with Gasteiger partial charge in [0.2, 0.25) is 0 Å². The molecule has 0 aromatic heterocycles. The summed E-state index contributed by atoms with van der Waals surface area (Å²) in [7, 11) is 8.82. The van der Waals surface area contributed by atoms with Crippen LogP contribution in [0.3, 0.4) is 0 Å². The lowest BCUT2D eigenvalue weighted by molar-refractivity contribution is 0.387. The van der Waals surface area contributed by atoms with Gasteiger partial charge in [0.05, 0.1) is 0 Å². The van der Waals surface area contributed by atoms with Gasteiger partial charge in [-0.3, -0.25) is 0 Å². The summed E-state index contributed by atoms with van der Waals surface area (Å²) in [5.74, 6) is 1.64. The van der Waals surface area contributed by atoms with Crippen molar-refractivity contribution in [3.8, 4) is 0 Å². The van der Waals surface area contributed by atoms with Gasteiger partial charge >= 0.3 is 0 Å². The zero-order valence-corrected chi connectivity index (χ0v) is 21.7. The van der Waals surface area contributed by atoms with E-state index in [0.29, 0.717) is 0 Å². The lowest BCUT2D eigenvalue weighted by Crippen LogP contribution is -2.18. The van der Waals surface area contributed by atoms with Crippen LogP contribution in [-0.4, -0.2) is 38.0 Å². The first-order chi connectivity index (χ1) is 14.3. The Morgan fingerprint density at radius 3 is 1.27 bits per heavy atom. The van der Waals surface area contributed by atoms with Gasteiger partial charge in [0.15, 0.2) is 0 Å². The first kappa shape index (κ1) is 27.2. The summed E-state index contributed by atoms with van der Waals surface area (Å²) in [6.07, 6.45) is 13.2. The van der Waals surface area contributed by atoms with Gasteiger partial charge in [-0.25, -0.2) is 0 Å². The molecule has 30 heavy (non-hydrogen) atoms. The van der Waals surface area contributed by atoms with Crippen molar-refractivity contribution in [2.75, 3.05) is 28.2 Å². The molecule has 0 aliphatic carbocycles. The minimum absolute atomic E-state index is 0.820. The molecule has 0 heterocycles. The number of hydrogen-bond acceptors (Lipinski definition) is 2. The molecular formula is C28H52N2. The van der Waals surface area contributed by atoms with Gasteiger partial charge in [-0.15, -0.1) is 0 Å². The Bertz CT molecular complexity index is 529. The highest BCUT2D eigenvalue weighted by Crippen LogP contribution is 2.28. The van der Waals surface area contributed by atoms with Gasteiger partial charge in [-0.1, -0.05) is 91.2 Å². The predicted molar refractivity (Wildman–Crippen MR) is 135 cm³/mol. The van der Waals surface area contributed by atoms with E-state index in [1.54, 1.807) is 22.3 Å². The highest BCUT2D eigenvalue weighted by Gasteiger charge is 2.17. The number of benzene rings is 1. The minimum Gasteiger partial charge on any atom is -0.305 e. The highest BCUT2D eigenvalue weighted by molar-refractivity contribution is 5.39. The minimum atomic E-state index is 0.820.